The molecule has 32 valence electrons. The Labute approximate surface area is 42.4 Å². The molecule has 0 saturated heterocycles. The average Bonchev–Trinajstić information content (AvgIpc) is 1.85. The first-order valence-electron chi connectivity index (χ1n) is 2.39. The second-order valence-electron chi connectivity index (χ2n) is 0.781. The third-order valence-corrected chi connectivity index (χ3v) is 0.861. The Kier molecular flexibility index (Phi) is 0.406. The minimum atomic E-state index is 0.0139. The molecule has 6 heavy (non-hydrogen) atoms. The lowest BCUT2D eigenvalue weighted by atomic mass is 10.9. The van der Waals surface area contributed by atoms with Crippen LogP contribution in [0.1, 0.15) is 2.74 Å². The first-order valence-corrected chi connectivity index (χ1v) is 2.21. The summed E-state index contributed by atoms with van der Waals surface area (Å²) in [6.45, 7) is 0. The molecule has 2 N–H and O–H groups in total. The molecular formula is C3H4N2S. The van der Waals surface area contributed by atoms with Crippen molar-refractivity contribution in [1.82, 2.24) is 4.98 Å². The maximum Gasteiger partial charge on any atom is 0.106 e. The van der Waals surface area contributed by atoms with E-state index < -0.39 is 0 Å². The molecule has 1 aromatic rings. The first-order chi connectivity index (χ1) is 3.70. The van der Waals surface area contributed by atoms with Crippen LogP contribution in [0.2, 0.25) is 0 Å². The lowest BCUT2D eigenvalue weighted by molar-refractivity contribution is 1.43. The second-order valence-corrected chi connectivity index (χ2v) is 1.61. The summed E-state index contributed by atoms with van der Waals surface area (Å²) in [6.07, 6.45) is 0.0139. The molecule has 0 radical (unpaired) electrons. The summed E-state index contributed by atoms with van der Waals surface area (Å²) in [5.74, 6) is 0. The van der Waals surface area contributed by atoms with Gasteiger partial charge in [0, 0.05) is 0 Å². The minimum absolute atomic E-state index is 0.0139. The molecule has 0 aliphatic heterocycles. The molecule has 0 spiro atoms. The Bertz CT molecular complexity index is 178. The van der Waals surface area contributed by atoms with Crippen LogP contribution in [0.4, 0.5) is 5.00 Å². The van der Waals surface area contributed by atoms with Gasteiger partial charge in [-0.2, -0.15) is 0 Å². The minimum Gasteiger partial charge on any atom is -0.389 e. The van der Waals surface area contributed by atoms with Crippen molar-refractivity contribution in [1.29, 1.82) is 0 Å². The predicted molar refractivity (Wildman–Crippen MR) is 26.5 cm³/mol. The number of thiazole rings is 1. The van der Waals surface area contributed by atoms with E-state index >= 15 is 0 Å². The molecular weight excluding hydrogens is 96.1 g/mol. The SMILES string of the molecule is [2H]c1nc([2H])c(N)s1. The van der Waals surface area contributed by atoms with Crippen molar-refractivity contribution in [3.05, 3.63) is 11.7 Å². The highest BCUT2D eigenvalue weighted by Crippen LogP contribution is 2.04. The van der Waals surface area contributed by atoms with E-state index in [0.29, 0.717) is 5.00 Å². The van der Waals surface area contributed by atoms with Gasteiger partial charge < -0.3 is 5.73 Å². The van der Waals surface area contributed by atoms with Crippen molar-refractivity contribution in [3.63, 3.8) is 0 Å². The number of hydrogen-bond donors (Lipinski definition) is 1. The standard InChI is InChI=1S/C3H4N2S/c4-3-1-5-2-6-3/h1-2H,4H2/i1D,2D. The Morgan fingerprint density at radius 3 is 3.17 bits per heavy atom. The molecule has 1 heterocycles. The van der Waals surface area contributed by atoms with Crippen LogP contribution >= 0.6 is 11.3 Å². The Balaban J connectivity index is 3.14. The predicted octanol–water partition coefficient (Wildman–Crippen LogP) is 0.725. The fraction of sp³-hybridized carbons (Fsp3) is 0. The number of nitrogen functional groups attached to an aromatic ring is 1. The maximum absolute atomic E-state index is 6.89. The Morgan fingerprint density at radius 1 is 2.17 bits per heavy atom. The van der Waals surface area contributed by atoms with Gasteiger partial charge in [0.25, 0.3) is 0 Å². The Hall–Kier alpha value is -0.570. The van der Waals surface area contributed by atoms with Crippen LogP contribution < -0.4 is 5.73 Å². The molecule has 1 aromatic heterocycles. The topological polar surface area (TPSA) is 38.9 Å². The second kappa shape index (κ2) is 1.26. The van der Waals surface area contributed by atoms with E-state index in [4.69, 9.17) is 8.48 Å². The monoisotopic (exact) mass is 102 g/mol. The van der Waals surface area contributed by atoms with Crippen LogP contribution in [0, 0.1) is 0 Å². The third-order valence-electron chi connectivity index (χ3n) is 0.367. The number of anilines is 1. The molecule has 0 amide bonds. The van der Waals surface area contributed by atoms with Gasteiger partial charge in [-0.1, -0.05) is 0 Å². The van der Waals surface area contributed by atoms with Gasteiger partial charge in [0.15, 0.2) is 0 Å². The third kappa shape index (κ3) is 0.490. The van der Waals surface area contributed by atoms with Crippen molar-refractivity contribution >= 4 is 16.3 Å². The van der Waals surface area contributed by atoms with E-state index in [1.807, 2.05) is 0 Å². The summed E-state index contributed by atoms with van der Waals surface area (Å²) >= 11 is 1.02. The molecule has 0 aromatic carbocycles. The van der Waals surface area contributed by atoms with Crippen LogP contribution in [0.3, 0.4) is 0 Å². The van der Waals surface area contributed by atoms with E-state index in [1.165, 1.54) is 0 Å². The Morgan fingerprint density at radius 2 is 3.00 bits per heavy atom. The van der Waals surface area contributed by atoms with Crippen LogP contribution in [0.25, 0.3) is 0 Å². The molecule has 0 fully saturated rings. The zero-order chi connectivity index (χ0) is 6.15. The lowest BCUT2D eigenvalue weighted by Gasteiger charge is -1.66. The molecule has 3 heteroatoms. The highest BCUT2D eigenvalue weighted by atomic mass is 32.1. The summed E-state index contributed by atoms with van der Waals surface area (Å²) in [5, 5.41) is 0.315. The number of nitrogens with zero attached hydrogens (tertiary/aromatic N) is 1. The van der Waals surface area contributed by atoms with Crippen LogP contribution in [-0.2, 0) is 0 Å². The molecule has 0 bridgehead atoms. The normalized spacial score (nSPS) is 13.3. The van der Waals surface area contributed by atoms with Gasteiger partial charge >= 0.3 is 0 Å². The van der Waals surface area contributed by atoms with Crippen LogP contribution in [-0.4, -0.2) is 4.98 Å². The zero-order valence-corrected chi connectivity index (χ0v) is 3.75. The summed E-state index contributed by atoms with van der Waals surface area (Å²) in [4.78, 5) is 3.44. The van der Waals surface area contributed by atoms with Crippen LogP contribution in [0.15, 0.2) is 11.7 Å². The van der Waals surface area contributed by atoms with Crippen LogP contribution in [0.5, 0.6) is 0 Å². The highest BCUT2D eigenvalue weighted by Gasteiger charge is 1.76. The molecule has 1 rings (SSSR count). The molecule has 0 aliphatic rings. The smallest absolute Gasteiger partial charge is 0.106 e. The zero-order valence-electron chi connectivity index (χ0n) is 4.93. The molecule has 2 nitrogen and oxygen atoms in total. The van der Waals surface area contributed by atoms with Gasteiger partial charge in [0.1, 0.15) is 5.00 Å². The van der Waals surface area contributed by atoms with Gasteiger partial charge in [0.2, 0.25) is 0 Å². The van der Waals surface area contributed by atoms with Crippen molar-refractivity contribution in [3.8, 4) is 0 Å². The molecule has 0 aliphatic carbocycles. The summed E-state index contributed by atoms with van der Waals surface area (Å²) < 4.78 is 13.8. The molecule has 0 saturated carbocycles. The molecule has 0 atom stereocenters. The largest absolute Gasteiger partial charge is 0.389 e. The molecule has 0 unspecified atom stereocenters. The van der Waals surface area contributed by atoms with E-state index in [1.54, 1.807) is 0 Å². The van der Waals surface area contributed by atoms with Crippen molar-refractivity contribution in [2.45, 2.75) is 0 Å². The van der Waals surface area contributed by atoms with Gasteiger partial charge in [-0.05, 0) is 0 Å². The number of nitrogens with two attached hydrogens (primary N) is 1. The number of aromatic nitrogens is 1. The highest BCUT2D eigenvalue weighted by molar-refractivity contribution is 7.13. The maximum atomic E-state index is 6.89. The van der Waals surface area contributed by atoms with Crippen molar-refractivity contribution < 1.29 is 2.74 Å². The lowest BCUT2D eigenvalue weighted by Crippen LogP contribution is -1.73. The van der Waals surface area contributed by atoms with E-state index in [-0.39, 0.29) is 11.7 Å². The quantitative estimate of drug-likeness (QED) is 0.524. The fourth-order valence-corrected chi connectivity index (χ4v) is 0.454. The first kappa shape index (κ1) is 1.93. The van der Waals surface area contributed by atoms with Crippen molar-refractivity contribution in [2.24, 2.45) is 0 Å². The van der Waals surface area contributed by atoms with E-state index in [9.17, 15) is 0 Å². The fourth-order valence-electron chi connectivity index (χ4n) is 0.173. The summed E-state index contributed by atoms with van der Waals surface area (Å²) in [7, 11) is 0. The van der Waals surface area contributed by atoms with Gasteiger partial charge in [-0.25, -0.2) is 0 Å². The number of rotatable bonds is 0. The van der Waals surface area contributed by atoms with E-state index in [0.717, 1.165) is 11.3 Å². The van der Waals surface area contributed by atoms with Crippen molar-refractivity contribution in [2.75, 3.05) is 5.73 Å². The number of hydrogen-bond acceptors (Lipinski definition) is 3. The summed E-state index contributed by atoms with van der Waals surface area (Å²) in [6, 6.07) is 0. The summed E-state index contributed by atoms with van der Waals surface area (Å²) in [5.41, 5.74) is 5.29. The van der Waals surface area contributed by atoms with Gasteiger partial charge in [-0.3, -0.25) is 4.98 Å². The van der Waals surface area contributed by atoms with Gasteiger partial charge in [0.05, 0.1) is 14.4 Å². The van der Waals surface area contributed by atoms with E-state index in [2.05, 4.69) is 4.98 Å². The average molecular weight is 102 g/mol. The van der Waals surface area contributed by atoms with Gasteiger partial charge in [-0.15, -0.1) is 11.3 Å².